The number of amides is 3. The first-order valence-electron chi connectivity index (χ1n) is 11.9. The third-order valence-corrected chi connectivity index (χ3v) is 6.48. The molecule has 0 aromatic heterocycles. The molecule has 0 bridgehead atoms. The van der Waals surface area contributed by atoms with Gasteiger partial charge in [-0.05, 0) is 61.5 Å². The van der Waals surface area contributed by atoms with Crippen molar-refractivity contribution in [1.82, 2.24) is 4.90 Å². The number of nitrogens with one attached hydrogen (secondary N) is 1. The smallest absolute Gasteiger partial charge is 0.294 e. The molecule has 0 radical (unpaired) electrons. The summed E-state index contributed by atoms with van der Waals surface area (Å²) in [4.78, 5) is 41.7. The van der Waals surface area contributed by atoms with E-state index in [9.17, 15) is 14.4 Å². The topological polar surface area (TPSA) is 97.4 Å². The van der Waals surface area contributed by atoms with Crippen LogP contribution in [0.1, 0.15) is 19.4 Å². The van der Waals surface area contributed by atoms with Crippen LogP contribution >= 0.6 is 11.8 Å². The second-order valence-electron chi connectivity index (χ2n) is 8.00. The predicted molar refractivity (Wildman–Crippen MR) is 140 cm³/mol. The van der Waals surface area contributed by atoms with Gasteiger partial charge in [0.05, 0.1) is 42.7 Å². The Balaban J connectivity index is 1.45. The number of anilines is 2. The van der Waals surface area contributed by atoms with Crippen molar-refractivity contribution in [1.29, 1.82) is 0 Å². The number of nitrogens with zero attached hydrogens (tertiary/aromatic N) is 2. The van der Waals surface area contributed by atoms with E-state index in [1.807, 2.05) is 32.0 Å². The van der Waals surface area contributed by atoms with Gasteiger partial charge in [0, 0.05) is 13.1 Å². The Kier molecular flexibility index (Phi) is 8.50. The third kappa shape index (κ3) is 6.00. The molecule has 3 amide bonds. The number of rotatable bonds is 9. The lowest BCUT2D eigenvalue weighted by Crippen LogP contribution is -2.38. The molecule has 0 unspecified atom stereocenters. The summed E-state index contributed by atoms with van der Waals surface area (Å²) in [7, 11) is 0. The van der Waals surface area contributed by atoms with Gasteiger partial charge in [-0.2, -0.15) is 0 Å². The van der Waals surface area contributed by atoms with E-state index >= 15 is 0 Å². The molecular weight excluding hydrogens is 482 g/mol. The van der Waals surface area contributed by atoms with Gasteiger partial charge in [-0.25, -0.2) is 0 Å². The summed E-state index contributed by atoms with van der Waals surface area (Å²) in [5, 5.41) is 2.37. The molecule has 2 aromatic rings. The summed E-state index contributed by atoms with van der Waals surface area (Å²) in [6, 6.07) is 12.8. The Morgan fingerprint density at radius 2 is 1.78 bits per heavy atom. The summed E-state index contributed by atoms with van der Waals surface area (Å²) in [5.41, 5.74) is 2.20. The highest BCUT2D eigenvalue weighted by molar-refractivity contribution is 8.18. The molecule has 190 valence electrons. The molecule has 4 rings (SSSR count). The zero-order valence-electron chi connectivity index (χ0n) is 20.3. The molecule has 2 aliphatic heterocycles. The molecule has 0 aliphatic carbocycles. The van der Waals surface area contributed by atoms with Crippen LogP contribution in [0.5, 0.6) is 11.5 Å². The second-order valence-corrected chi connectivity index (χ2v) is 9.00. The zero-order valence-corrected chi connectivity index (χ0v) is 21.1. The number of para-hydroxylation sites is 2. The number of carbonyl (C=O) groups excluding carboxylic acids is 3. The minimum Gasteiger partial charge on any atom is -0.490 e. The fourth-order valence-corrected chi connectivity index (χ4v) is 4.78. The van der Waals surface area contributed by atoms with Gasteiger partial charge in [0.15, 0.2) is 11.5 Å². The standard InChI is InChI=1S/C26H29N3O6S/c1-3-34-21-10-9-18(15-22(21)35-4-2)16-23-25(31)29(26(32)36-23)17-24(30)27-19-7-5-6-8-20(19)28-11-13-33-14-12-28/h5-10,15-16H,3-4,11-14,17H2,1-2H3,(H,27,30)/b23-16+. The summed E-state index contributed by atoms with van der Waals surface area (Å²) in [6.07, 6.45) is 1.62. The Morgan fingerprint density at radius 1 is 1.06 bits per heavy atom. The molecule has 2 saturated heterocycles. The summed E-state index contributed by atoms with van der Waals surface area (Å²) in [5.74, 6) is 0.219. The minimum atomic E-state index is -0.506. The van der Waals surface area contributed by atoms with Crippen LogP contribution in [0.4, 0.5) is 16.2 Å². The Bertz CT molecular complexity index is 1160. The van der Waals surface area contributed by atoms with E-state index in [-0.39, 0.29) is 11.4 Å². The lowest BCUT2D eigenvalue weighted by Gasteiger charge is -2.30. The Hall–Kier alpha value is -3.50. The zero-order chi connectivity index (χ0) is 25.5. The Labute approximate surface area is 214 Å². The predicted octanol–water partition coefficient (Wildman–Crippen LogP) is 4.00. The van der Waals surface area contributed by atoms with Gasteiger partial charge < -0.3 is 24.4 Å². The normalized spacial score (nSPS) is 17.0. The number of ether oxygens (including phenoxy) is 3. The van der Waals surface area contributed by atoms with Gasteiger partial charge in [-0.1, -0.05) is 18.2 Å². The van der Waals surface area contributed by atoms with Crippen molar-refractivity contribution in [2.75, 3.05) is 56.3 Å². The van der Waals surface area contributed by atoms with E-state index in [1.54, 1.807) is 30.3 Å². The average Bonchev–Trinajstić information content (AvgIpc) is 3.14. The number of hydrogen-bond donors (Lipinski definition) is 1. The molecule has 1 N–H and O–H groups in total. The maximum Gasteiger partial charge on any atom is 0.294 e. The molecular formula is C26H29N3O6S. The van der Waals surface area contributed by atoms with Crippen LogP contribution in [0.3, 0.4) is 0 Å². The first-order chi connectivity index (χ1) is 17.5. The average molecular weight is 512 g/mol. The van der Waals surface area contributed by atoms with Crippen LogP contribution in [-0.4, -0.2) is 68.0 Å². The molecule has 9 nitrogen and oxygen atoms in total. The number of imide groups is 1. The maximum absolute atomic E-state index is 13.0. The van der Waals surface area contributed by atoms with Crippen molar-refractivity contribution >= 4 is 46.3 Å². The van der Waals surface area contributed by atoms with Gasteiger partial charge >= 0.3 is 0 Å². The van der Waals surface area contributed by atoms with Crippen molar-refractivity contribution < 1.29 is 28.6 Å². The van der Waals surface area contributed by atoms with Crippen molar-refractivity contribution in [2.24, 2.45) is 0 Å². The maximum atomic E-state index is 13.0. The lowest BCUT2D eigenvalue weighted by molar-refractivity contribution is -0.127. The first-order valence-corrected chi connectivity index (χ1v) is 12.7. The van der Waals surface area contributed by atoms with Crippen LogP contribution in [0.2, 0.25) is 0 Å². The fraction of sp³-hybridized carbons (Fsp3) is 0.346. The van der Waals surface area contributed by atoms with E-state index in [2.05, 4.69) is 10.2 Å². The van der Waals surface area contributed by atoms with E-state index in [1.165, 1.54) is 0 Å². The largest absolute Gasteiger partial charge is 0.490 e. The van der Waals surface area contributed by atoms with Crippen molar-refractivity contribution in [3.8, 4) is 11.5 Å². The molecule has 2 fully saturated rings. The number of morpholine rings is 1. The summed E-state index contributed by atoms with van der Waals surface area (Å²) in [6.45, 7) is 7.02. The summed E-state index contributed by atoms with van der Waals surface area (Å²) >= 11 is 0.809. The lowest BCUT2D eigenvalue weighted by atomic mass is 10.2. The van der Waals surface area contributed by atoms with Crippen LogP contribution < -0.4 is 19.7 Å². The molecule has 36 heavy (non-hydrogen) atoms. The van der Waals surface area contributed by atoms with Crippen LogP contribution in [0.15, 0.2) is 47.4 Å². The molecule has 2 heterocycles. The van der Waals surface area contributed by atoms with Crippen molar-refractivity contribution in [2.45, 2.75) is 13.8 Å². The van der Waals surface area contributed by atoms with Crippen molar-refractivity contribution in [3.63, 3.8) is 0 Å². The van der Waals surface area contributed by atoms with Gasteiger partial charge in [-0.3, -0.25) is 19.3 Å². The monoisotopic (exact) mass is 511 g/mol. The van der Waals surface area contributed by atoms with E-state index in [4.69, 9.17) is 14.2 Å². The van der Waals surface area contributed by atoms with Crippen LogP contribution in [0.25, 0.3) is 6.08 Å². The second kappa shape index (κ2) is 12.0. The molecule has 0 saturated carbocycles. The number of benzene rings is 2. The SMILES string of the molecule is CCOc1ccc(/C=C2/SC(=O)N(CC(=O)Nc3ccccc3N3CCOCC3)C2=O)cc1OCC. The molecule has 0 atom stereocenters. The van der Waals surface area contributed by atoms with E-state index in [0.29, 0.717) is 49.2 Å². The van der Waals surface area contributed by atoms with Gasteiger partial charge in [-0.15, -0.1) is 0 Å². The van der Waals surface area contributed by atoms with Gasteiger partial charge in [0.1, 0.15) is 6.54 Å². The quantitative estimate of drug-likeness (QED) is 0.505. The number of carbonyl (C=O) groups is 3. The van der Waals surface area contributed by atoms with Crippen LogP contribution in [-0.2, 0) is 14.3 Å². The van der Waals surface area contributed by atoms with E-state index < -0.39 is 17.1 Å². The number of hydrogen-bond acceptors (Lipinski definition) is 8. The summed E-state index contributed by atoms with van der Waals surface area (Å²) < 4.78 is 16.6. The van der Waals surface area contributed by atoms with Gasteiger partial charge in [0.2, 0.25) is 5.91 Å². The molecule has 2 aromatic carbocycles. The molecule has 10 heteroatoms. The Morgan fingerprint density at radius 3 is 2.53 bits per heavy atom. The first kappa shape index (κ1) is 25.6. The highest BCUT2D eigenvalue weighted by Gasteiger charge is 2.36. The van der Waals surface area contributed by atoms with E-state index in [0.717, 1.165) is 35.4 Å². The minimum absolute atomic E-state index is 0.244. The fourth-order valence-electron chi connectivity index (χ4n) is 3.94. The highest BCUT2D eigenvalue weighted by atomic mass is 32.2. The van der Waals surface area contributed by atoms with Crippen molar-refractivity contribution in [3.05, 3.63) is 52.9 Å². The van der Waals surface area contributed by atoms with Gasteiger partial charge in [0.25, 0.3) is 11.1 Å². The highest BCUT2D eigenvalue weighted by Crippen LogP contribution is 2.35. The molecule has 2 aliphatic rings. The molecule has 0 spiro atoms. The van der Waals surface area contributed by atoms with Crippen LogP contribution in [0, 0.1) is 0 Å². The number of thioether (sulfide) groups is 1. The third-order valence-electron chi connectivity index (χ3n) is 5.57.